The summed E-state index contributed by atoms with van der Waals surface area (Å²) >= 11 is 0. The van der Waals surface area contributed by atoms with E-state index < -0.39 is 0 Å². The largest absolute Gasteiger partial charge is 0.356 e. The standard InChI is InChI=1S/C20H29N5O.HI/c1-3-18-24-19(26-25-18)16-11-9-15(10-12-16)13-14-22-20(21-2)23-17-7-5-4-6-8-17;/h9-12,17H,3-8,13-14H2,1-2H3,(H2,21,22,23);1H. The van der Waals surface area contributed by atoms with Gasteiger partial charge in [0.2, 0.25) is 0 Å². The van der Waals surface area contributed by atoms with E-state index in [9.17, 15) is 0 Å². The maximum atomic E-state index is 5.28. The zero-order valence-corrected chi connectivity index (χ0v) is 18.5. The van der Waals surface area contributed by atoms with Crippen LogP contribution in [0, 0.1) is 0 Å². The third-order valence-corrected chi connectivity index (χ3v) is 4.86. The fraction of sp³-hybridized carbons (Fsp3) is 0.550. The molecule has 1 aliphatic carbocycles. The number of hydrogen-bond donors (Lipinski definition) is 2. The van der Waals surface area contributed by atoms with E-state index in [1.807, 2.05) is 26.1 Å². The van der Waals surface area contributed by atoms with Crippen molar-refractivity contribution in [3.8, 4) is 11.5 Å². The molecule has 0 bridgehead atoms. The van der Waals surface area contributed by atoms with Crippen LogP contribution in [0.3, 0.4) is 0 Å². The highest BCUT2D eigenvalue weighted by Crippen LogP contribution is 2.18. The normalized spacial score (nSPS) is 15.3. The van der Waals surface area contributed by atoms with E-state index >= 15 is 0 Å². The Kier molecular flexibility index (Phi) is 9.03. The SMILES string of the molecule is CCc1noc(-c2ccc(CCNC(=NC)NC3CCCCC3)cc2)n1.I. The smallest absolute Gasteiger partial charge is 0.257 e. The summed E-state index contributed by atoms with van der Waals surface area (Å²) < 4.78 is 5.28. The maximum absolute atomic E-state index is 5.28. The van der Waals surface area contributed by atoms with Gasteiger partial charge in [-0.05, 0) is 37.0 Å². The van der Waals surface area contributed by atoms with Crippen LogP contribution in [0.1, 0.15) is 50.4 Å². The summed E-state index contributed by atoms with van der Waals surface area (Å²) in [5.41, 5.74) is 2.23. The number of aryl methyl sites for hydroxylation is 1. The summed E-state index contributed by atoms with van der Waals surface area (Å²) in [6.07, 6.45) is 8.22. The molecule has 0 radical (unpaired) electrons. The van der Waals surface area contributed by atoms with Gasteiger partial charge in [0.1, 0.15) is 0 Å². The van der Waals surface area contributed by atoms with Crippen LogP contribution in [0.15, 0.2) is 33.8 Å². The molecule has 2 N–H and O–H groups in total. The average Bonchev–Trinajstić information content (AvgIpc) is 3.18. The van der Waals surface area contributed by atoms with E-state index in [2.05, 4.69) is 37.9 Å². The van der Waals surface area contributed by atoms with Crippen molar-refractivity contribution in [2.24, 2.45) is 4.99 Å². The van der Waals surface area contributed by atoms with Gasteiger partial charge >= 0.3 is 0 Å². The number of nitrogens with zero attached hydrogens (tertiary/aromatic N) is 3. The lowest BCUT2D eigenvalue weighted by molar-refractivity contribution is 0.410. The van der Waals surface area contributed by atoms with Crippen LogP contribution in [-0.2, 0) is 12.8 Å². The lowest BCUT2D eigenvalue weighted by Crippen LogP contribution is -2.44. The second-order valence-electron chi connectivity index (χ2n) is 6.79. The molecular weight excluding hydrogens is 453 g/mol. The monoisotopic (exact) mass is 483 g/mol. The molecule has 1 aliphatic rings. The Balaban J connectivity index is 0.00000261. The average molecular weight is 483 g/mol. The van der Waals surface area contributed by atoms with Crippen molar-refractivity contribution in [2.75, 3.05) is 13.6 Å². The summed E-state index contributed by atoms with van der Waals surface area (Å²) in [4.78, 5) is 8.71. The molecule has 0 spiro atoms. The van der Waals surface area contributed by atoms with E-state index in [1.165, 1.54) is 37.7 Å². The van der Waals surface area contributed by atoms with Gasteiger partial charge in [0, 0.05) is 31.6 Å². The molecule has 3 rings (SSSR count). The molecule has 0 saturated heterocycles. The summed E-state index contributed by atoms with van der Waals surface area (Å²) in [6.45, 7) is 2.87. The van der Waals surface area contributed by atoms with Crippen molar-refractivity contribution in [3.63, 3.8) is 0 Å². The third-order valence-electron chi connectivity index (χ3n) is 4.86. The zero-order chi connectivity index (χ0) is 18.2. The number of rotatable bonds is 6. The molecule has 1 aromatic carbocycles. The minimum absolute atomic E-state index is 0. The first-order valence-corrected chi connectivity index (χ1v) is 9.67. The van der Waals surface area contributed by atoms with Gasteiger partial charge in [-0.2, -0.15) is 4.98 Å². The van der Waals surface area contributed by atoms with Gasteiger partial charge in [0.15, 0.2) is 11.8 Å². The second kappa shape index (κ2) is 11.3. The summed E-state index contributed by atoms with van der Waals surface area (Å²) in [7, 11) is 1.84. The molecule has 0 atom stereocenters. The molecule has 1 heterocycles. The maximum Gasteiger partial charge on any atom is 0.257 e. The number of halogens is 1. The molecule has 1 saturated carbocycles. The summed E-state index contributed by atoms with van der Waals surface area (Å²) in [5, 5.41) is 10.9. The van der Waals surface area contributed by atoms with E-state index in [-0.39, 0.29) is 24.0 Å². The van der Waals surface area contributed by atoms with Crippen LogP contribution in [0.4, 0.5) is 0 Å². The van der Waals surface area contributed by atoms with Gasteiger partial charge in [-0.3, -0.25) is 4.99 Å². The Morgan fingerprint density at radius 1 is 1.19 bits per heavy atom. The van der Waals surface area contributed by atoms with Crippen LogP contribution in [0.25, 0.3) is 11.5 Å². The number of benzene rings is 1. The van der Waals surface area contributed by atoms with Crippen molar-refractivity contribution >= 4 is 29.9 Å². The van der Waals surface area contributed by atoms with Crippen LogP contribution in [0.5, 0.6) is 0 Å². The number of aromatic nitrogens is 2. The first-order chi connectivity index (χ1) is 12.8. The summed E-state index contributed by atoms with van der Waals surface area (Å²) in [6, 6.07) is 8.87. The number of guanidine groups is 1. The zero-order valence-electron chi connectivity index (χ0n) is 16.2. The highest BCUT2D eigenvalue weighted by molar-refractivity contribution is 14.0. The molecule has 0 aliphatic heterocycles. The van der Waals surface area contributed by atoms with Crippen molar-refractivity contribution in [2.45, 2.75) is 57.9 Å². The van der Waals surface area contributed by atoms with Crippen molar-refractivity contribution in [3.05, 3.63) is 35.7 Å². The fourth-order valence-corrected chi connectivity index (χ4v) is 3.29. The molecule has 6 nitrogen and oxygen atoms in total. The Bertz CT molecular complexity index is 707. The topological polar surface area (TPSA) is 75.3 Å². The van der Waals surface area contributed by atoms with Gasteiger partial charge in [0.05, 0.1) is 0 Å². The van der Waals surface area contributed by atoms with Gasteiger partial charge in [-0.1, -0.05) is 43.5 Å². The highest BCUT2D eigenvalue weighted by Gasteiger charge is 2.14. The minimum atomic E-state index is 0. The number of aliphatic imine (C=N–C) groups is 1. The molecule has 1 fully saturated rings. The quantitative estimate of drug-likeness (QED) is 0.370. The van der Waals surface area contributed by atoms with E-state index in [1.54, 1.807) is 0 Å². The lowest BCUT2D eigenvalue weighted by atomic mass is 9.96. The third kappa shape index (κ3) is 6.48. The van der Waals surface area contributed by atoms with Gasteiger partial charge in [0.25, 0.3) is 5.89 Å². The van der Waals surface area contributed by atoms with E-state index in [0.29, 0.717) is 11.9 Å². The number of nitrogens with one attached hydrogen (secondary N) is 2. The van der Waals surface area contributed by atoms with Crippen LogP contribution in [0.2, 0.25) is 0 Å². The Morgan fingerprint density at radius 2 is 1.93 bits per heavy atom. The molecule has 27 heavy (non-hydrogen) atoms. The Morgan fingerprint density at radius 3 is 2.56 bits per heavy atom. The van der Waals surface area contributed by atoms with Gasteiger partial charge in [-0.15, -0.1) is 24.0 Å². The Hall–Kier alpha value is -1.64. The molecule has 148 valence electrons. The lowest BCUT2D eigenvalue weighted by Gasteiger charge is -2.24. The predicted molar refractivity (Wildman–Crippen MR) is 120 cm³/mol. The van der Waals surface area contributed by atoms with Crippen molar-refractivity contribution in [1.29, 1.82) is 0 Å². The first-order valence-electron chi connectivity index (χ1n) is 9.67. The predicted octanol–water partition coefficient (Wildman–Crippen LogP) is 3.96. The molecular formula is C20H30IN5O. The molecule has 0 amide bonds. The van der Waals surface area contributed by atoms with Crippen LogP contribution < -0.4 is 10.6 Å². The van der Waals surface area contributed by atoms with E-state index in [0.717, 1.165) is 36.7 Å². The second-order valence-corrected chi connectivity index (χ2v) is 6.79. The van der Waals surface area contributed by atoms with Crippen LogP contribution in [-0.4, -0.2) is 35.7 Å². The molecule has 1 aromatic heterocycles. The van der Waals surface area contributed by atoms with E-state index in [4.69, 9.17) is 4.52 Å². The van der Waals surface area contributed by atoms with Gasteiger partial charge in [-0.25, -0.2) is 0 Å². The van der Waals surface area contributed by atoms with Crippen molar-refractivity contribution in [1.82, 2.24) is 20.8 Å². The first kappa shape index (κ1) is 21.7. The molecule has 2 aromatic rings. The molecule has 7 heteroatoms. The van der Waals surface area contributed by atoms with Gasteiger partial charge < -0.3 is 15.2 Å². The molecule has 0 unspecified atom stereocenters. The Labute approximate surface area is 178 Å². The highest BCUT2D eigenvalue weighted by atomic mass is 127. The number of hydrogen-bond acceptors (Lipinski definition) is 4. The minimum Gasteiger partial charge on any atom is -0.356 e. The fourth-order valence-electron chi connectivity index (χ4n) is 3.29. The summed E-state index contributed by atoms with van der Waals surface area (Å²) in [5.74, 6) is 2.24. The van der Waals surface area contributed by atoms with Crippen molar-refractivity contribution < 1.29 is 4.52 Å². The van der Waals surface area contributed by atoms with Crippen LogP contribution >= 0.6 is 24.0 Å².